The number of hydrogen-bond acceptors (Lipinski definition) is 7. The van der Waals surface area contributed by atoms with Crippen LogP contribution < -0.4 is 11.1 Å². The molecule has 1 aliphatic rings. The van der Waals surface area contributed by atoms with Crippen LogP contribution in [-0.4, -0.2) is 44.5 Å². The highest BCUT2D eigenvalue weighted by Crippen LogP contribution is 2.34. The van der Waals surface area contributed by atoms with E-state index in [0.29, 0.717) is 24.2 Å². The molecule has 8 nitrogen and oxygen atoms in total. The highest BCUT2D eigenvalue weighted by molar-refractivity contribution is 7.13. The number of aromatic nitrogens is 4. The summed E-state index contributed by atoms with van der Waals surface area (Å²) in [4.78, 5) is 20.7. The second-order valence-electron chi connectivity index (χ2n) is 7.12. The highest BCUT2D eigenvalue weighted by Gasteiger charge is 2.30. The molecule has 1 fully saturated rings. The van der Waals surface area contributed by atoms with E-state index in [1.54, 1.807) is 11.7 Å². The largest absolute Gasteiger partial charge is 0.369 e. The van der Waals surface area contributed by atoms with Gasteiger partial charge in [0.15, 0.2) is 5.82 Å². The molecule has 4 heterocycles. The minimum atomic E-state index is -1.25. The number of anilines is 1. The van der Waals surface area contributed by atoms with Gasteiger partial charge in [-0.05, 0) is 12.8 Å². The number of carbonyl (C=O) groups excluding carboxylic acids is 1. The van der Waals surface area contributed by atoms with Crippen molar-refractivity contribution in [1.29, 1.82) is 0 Å². The van der Waals surface area contributed by atoms with Crippen molar-refractivity contribution in [3.63, 3.8) is 0 Å². The molecule has 1 saturated heterocycles. The topological polar surface area (TPSA) is 108 Å². The number of amides is 1. The lowest BCUT2D eigenvalue weighted by atomic mass is 10.0. The molecule has 164 valence electrons. The third-order valence-electron chi connectivity index (χ3n) is 5.03. The minimum absolute atomic E-state index is 0.0896. The summed E-state index contributed by atoms with van der Waals surface area (Å²) in [7, 11) is 1.71. The van der Waals surface area contributed by atoms with Gasteiger partial charge in [0.2, 0.25) is 0 Å². The van der Waals surface area contributed by atoms with Crippen molar-refractivity contribution in [1.82, 2.24) is 19.7 Å². The van der Waals surface area contributed by atoms with Gasteiger partial charge in [0.1, 0.15) is 23.0 Å². The third kappa shape index (κ3) is 4.45. The van der Waals surface area contributed by atoms with Crippen molar-refractivity contribution in [2.45, 2.75) is 31.2 Å². The van der Waals surface area contributed by atoms with Crippen molar-refractivity contribution in [2.24, 2.45) is 12.8 Å². The van der Waals surface area contributed by atoms with E-state index in [1.807, 2.05) is 0 Å². The Kier molecular flexibility index (Phi) is 6.28. The Labute approximate surface area is 185 Å². The van der Waals surface area contributed by atoms with E-state index in [9.17, 15) is 13.6 Å². The minimum Gasteiger partial charge on any atom is -0.369 e. The second-order valence-corrected chi connectivity index (χ2v) is 8.38. The number of thiazole rings is 1. The molecular weight excluding hydrogens is 450 g/mol. The molecule has 3 aromatic heterocycles. The number of alkyl halides is 1. The standard InChI is InChI=1S/C19H19ClF2N6O2S/c1-28-17(15-3-2-12(23)11(22)7-30-15)13(6-25-28)26-18(29)14-8-31-19(27-14)16-9(20)4-24-5-10(16)21/h4-6,8,11-12,15H,2-3,7,23H2,1H3,(H,26,29)/t11-,12-,15+/m1/s1. The van der Waals surface area contributed by atoms with Crippen molar-refractivity contribution >= 4 is 34.5 Å². The van der Waals surface area contributed by atoms with Crippen LogP contribution in [0.3, 0.4) is 0 Å². The number of ether oxygens (including phenoxy) is 1. The highest BCUT2D eigenvalue weighted by atomic mass is 35.5. The monoisotopic (exact) mass is 468 g/mol. The predicted octanol–water partition coefficient (Wildman–Crippen LogP) is 3.50. The van der Waals surface area contributed by atoms with Crippen LogP contribution in [-0.2, 0) is 11.8 Å². The average molecular weight is 469 g/mol. The number of halogens is 3. The van der Waals surface area contributed by atoms with Gasteiger partial charge >= 0.3 is 0 Å². The number of pyridine rings is 1. The molecule has 0 bridgehead atoms. The smallest absolute Gasteiger partial charge is 0.275 e. The first-order valence-corrected chi connectivity index (χ1v) is 10.7. The summed E-state index contributed by atoms with van der Waals surface area (Å²) in [6, 6.07) is -0.592. The van der Waals surface area contributed by atoms with Gasteiger partial charge in [0, 0.05) is 24.7 Å². The van der Waals surface area contributed by atoms with Crippen LogP contribution >= 0.6 is 22.9 Å². The van der Waals surface area contributed by atoms with Gasteiger partial charge in [-0.3, -0.25) is 14.5 Å². The van der Waals surface area contributed by atoms with Crippen molar-refractivity contribution in [3.05, 3.63) is 46.2 Å². The van der Waals surface area contributed by atoms with E-state index in [0.717, 1.165) is 17.5 Å². The van der Waals surface area contributed by atoms with Crippen molar-refractivity contribution in [3.8, 4) is 10.6 Å². The summed E-state index contributed by atoms with van der Waals surface area (Å²) < 4.78 is 35.3. The Morgan fingerprint density at radius 3 is 2.97 bits per heavy atom. The van der Waals surface area contributed by atoms with Gasteiger partial charge in [-0.2, -0.15) is 5.10 Å². The van der Waals surface area contributed by atoms with Gasteiger partial charge in [-0.15, -0.1) is 11.3 Å². The van der Waals surface area contributed by atoms with Crippen LogP contribution in [0.2, 0.25) is 5.02 Å². The Hall–Kier alpha value is -2.47. The molecule has 0 unspecified atom stereocenters. The first-order chi connectivity index (χ1) is 14.8. The summed E-state index contributed by atoms with van der Waals surface area (Å²) in [5.74, 6) is -1.13. The molecule has 1 aliphatic heterocycles. The molecule has 0 aromatic carbocycles. The maximum absolute atomic E-state index is 14.1. The van der Waals surface area contributed by atoms with E-state index < -0.39 is 30.0 Å². The average Bonchev–Trinajstić information content (AvgIpc) is 3.31. The third-order valence-corrected chi connectivity index (χ3v) is 6.17. The van der Waals surface area contributed by atoms with Gasteiger partial charge < -0.3 is 15.8 Å². The molecule has 3 aromatic rings. The number of aryl methyl sites for hydroxylation is 1. The zero-order chi connectivity index (χ0) is 22.1. The number of nitrogens with two attached hydrogens (primary N) is 1. The Bertz CT molecular complexity index is 1070. The Morgan fingerprint density at radius 1 is 1.39 bits per heavy atom. The fraction of sp³-hybridized carbons (Fsp3) is 0.368. The molecule has 12 heteroatoms. The van der Waals surface area contributed by atoms with E-state index in [-0.39, 0.29) is 27.9 Å². The molecule has 0 radical (unpaired) electrons. The number of hydrogen-bond donors (Lipinski definition) is 2. The number of carbonyl (C=O) groups is 1. The molecule has 3 atom stereocenters. The molecular formula is C19H19ClF2N6O2S. The second kappa shape index (κ2) is 8.95. The molecule has 3 N–H and O–H groups in total. The molecule has 0 spiro atoms. The molecule has 4 rings (SSSR count). The number of rotatable bonds is 4. The first-order valence-electron chi connectivity index (χ1n) is 9.44. The summed E-state index contributed by atoms with van der Waals surface area (Å²) in [6.07, 6.45) is 3.05. The molecule has 31 heavy (non-hydrogen) atoms. The maximum atomic E-state index is 14.1. The van der Waals surface area contributed by atoms with E-state index in [2.05, 4.69) is 20.4 Å². The SMILES string of the molecule is Cn1ncc(NC(=O)c2csc(-c3c(F)cncc3Cl)n2)c1[C@@H]1CC[C@@H](N)[C@H](F)CO1. The summed E-state index contributed by atoms with van der Waals surface area (Å²) >= 11 is 7.11. The molecule has 0 saturated carbocycles. The van der Waals surface area contributed by atoms with Crippen LogP contribution in [0.5, 0.6) is 0 Å². The van der Waals surface area contributed by atoms with Crippen LogP contribution in [0.1, 0.15) is 35.1 Å². The molecule has 1 amide bonds. The van der Waals surface area contributed by atoms with Crippen LogP contribution in [0.4, 0.5) is 14.5 Å². The normalized spacial score (nSPS) is 21.6. The van der Waals surface area contributed by atoms with Gasteiger partial charge in [0.05, 0.1) is 41.0 Å². The predicted molar refractivity (Wildman–Crippen MR) is 112 cm³/mol. The van der Waals surface area contributed by atoms with Crippen molar-refractivity contribution < 1.29 is 18.3 Å². The summed E-state index contributed by atoms with van der Waals surface area (Å²) in [5, 5.41) is 8.82. The van der Waals surface area contributed by atoms with Gasteiger partial charge in [0.25, 0.3) is 5.91 Å². The lowest BCUT2D eigenvalue weighted by Gasteiger charge is -2.17. The van der Waals surface area contributed by atoms with Crippen LogP contribution in [0.25, 0.3) is 10.6 Å². The summed E-state index contributed by atoms with van der Waals surface area (Å²) in [6.45, 7) is -0.127. The number of nitrogens with zero attached hydrogens (tertiary/aromatic N) is 4. The number of nitrogens with one attached hydrogen (secondary N) is 1. The van der Waals surface area contributed by atoms with E-state index in [1.165, 1.54) is 17.8 Å². The maximum Gasteiger partial charge on any atom is 0.275 e. The fourth-order valence-corrected chi connectivity index (χ4v) is 4.53. The Morgan fingerprint density at radius 2 is 2.19 bits per heavy atom. The van der Waals surface area contributed by atoms with Gasteiger partial charge in [-0.1, -0.05) is 11.6 Å². The summed E-state index contributed by atoms with van der Waals surface area (Å²) in [5.41, 5.74) is 7.01. The fourth-order valence-electron chi connectivity index (χ4n) is 3.38. The quantitative estimate of drug-likeness (QED) is 0.606. The first kappa shape index (κ1) is 21.8. The molecule has 0 aliphatic carbocycles. The van der Waals surface area contributed by atoms with Crippen LogP contribution in [0, 0.1) is 5.82 Å². The lowest BCUT2D eigenvalue weighted by Crippen LogP contribution is -2.32. The van der Waals surface area contributed by atoms with Crippen molar-refractivity contribution in [2.75, 3.05) is 11.9 Å². The van der Waals surface area contributed by atoms with E-state index in [4.69, 9.17) is 22.1 Å². The van der Waals surface area contributed by atoms with Crippen LogP contribution in [0.15, 0.2) is 24.0 Å². The lowest BCUT2D eigenvalue weighted by molar-refractivity contribution is 0.0247. The Balaban J connectivity index is 1.55. The van der Waals surface area contributed by atoms with Gasteiger partial charge in [-0.25, -0.2) is 13.8 Å². The zero-order valence-electron chi connectivity index (χ0n) is 16.4. The van der Waals surface area contributed by atoms with E-state index >= 15 is 0 Å². The zero-order valence-corrected chi connectivity index (χ0v) is 18.0.